The normalized spacial score (nSPS) is 14.1. The van der Waals surface area contributed by atoms with Gasteiger partial charge in [0.2, 0.25) is 0 Å². The van der Waals surface area contributed by atoms with Crippen molar-refractivity contribution in [1.82, 2.24) is 4.90 Å². The van der Waals surface area contributed by atoms with Crippen molar-refractivity contribution in [3.05, 3.63) is 0 Å². The molecule has 1 aliphatic rings. The molecule has 0 aromatic carbocycles. The predicted octanol–water partition coefficient (Wildman–Crippen LogP) is 0.333. The van der Waals surface area contributed by atoms with E-state index < -0.39 is 5.97 Å². The Balaban J connectivity index is 2.52. The van der Waals surface area contributed by atoms with E-state index in [1.165, 1.54) is 4.90 Å². The predicted molar refractivity (Wildman–Crippen MR) is 50.4 cm³/mol. The molecule has 1 N–H and O–H groups in total. The summed E-state index contributed by atoms with van der Waals surface area (Å²) in [4.78, 5) is 23.1. The fourth-order valence-corrected chi connectivity index (χ4v) is 1.18. The summed E-state index contributed by atoms with van der Waals surface area (Å²) in [7, 11) is 0. The molecule has 0 unspecified atom stereocenters. The summed E-state index contributed by atoms with van der Waals surface area (Å²) in [5.74, 6) is 3.95. The highest BCUT2D eigenvalue weighted by Crippen LogP contribution is 2.29. The van der Waals surface area contributed by atoms with Crippen molar-refractivity contribution < 1.29 is 14.7 Å². The van der Waals surface area contributed by atoms with E-state index in [2.05, 4.69) is 11.8 Å². The van der Waals surface area contributed by atoms with Crippen LogP contribution in [0.25, 0.3) is 0 Å². The number of carbonyl (C=O) groups excluding carboxylic acids is 1. The molecule has 4 nitrogen and oxygen atoms in total. The van der Waals surface area contributed by atoms with Crippen molar-refractivity contribution >= 4 is 11.9 Å². The molecule has 1 aliphatic carbocycles. The fraction of sp³-hybridized carbons (Fsp3) is 0.600. The third-order valence-corrected chi connectivity index (χ3v) is 2.02. The van der Waals surface area contributed by atoms with Crippen molar-refractivity contribution in [3.63, 3.8) is 0 Å². The summed E-state index contributed by atoms with van der Waals surface area (Å²) < 4.78 is 0. The molecule has 0 aliphatic heterocycles. The zero-order valence-electron chi connectivity index (χ0n) is 8.12. The number of carboxylic acids is 1. The Labute approximate surface area is 82.9 Å². The van der Waals surface area contributed by atoms with E-state index >= 15 is 0 Å². The molecule has 1 rings (SSSR count). The van der Waals surface area contributed by atoms with Crippen LogP contribution in [0.1, 0.15) is 19.8 Å². The molecule has 0 atom stereocenters. The molecule has 0 heterocycles. The lowest BCUT2D eigenvalue weighted by atomic mass is 10.3. The first-order valence-electron chi connectivity index (χ1n) is 4.57. The van der Waals surface area contributed by atoms with Gasteiger partial charge >= 0.3 is 5.97 Å². The molecule has 1 amide bonds. The lowest BCUT2D eigenvalue weighted by Crippen LogP contribution is -2.36. The maximum absolute atomic E-state index is 11.3. The number of aliphatic carboxylic acids is 1. The molecule has 4 heteroatoms. The fourth-order valence-electron chi connectivity index (χ4n) is 1.18. The van der Waals surface area contributed by atoms with E-state index in [1.807, 2.05) is 0 Å². The highest BCUT2D eigenvalue weighted by molar-refractivity contribution is 5.95. The number of nitrogens with zero attached hydrogens (tertiary/aromatic N) is 1. The molecule has 0 bridgehead atoms. The Bertz CT molecular complexity index is 296. The first-order chi connectivity index (χ1) is 6.63. The van der Waals surface area contributed by atoms with Crippen molar-refractivity contribution in [1.29, 1.82) is 0 Å². The minimum Gasteiger partial charge on any atom is -0.480 e. The number of carbonyl (C=O) groups is 2. The molecular formula is C10H13NO3. The van der Waals surface area contributed by atoms with Gasteiger partial charge in [-0.3, -0.25) is 9.59 Å². The molecular weight excluding hydrogens is 182 g/mol. The van der Waals surface area contributed by atoms with Crippen LogP contribution < -0.4 is 0 Å². The van der Waals surface area contributed by atoms with Crippen molar-refractivity contribution in [2.24, 2.45) is 5.92 Å². The minimum atomic E-state index is -0.989. The van der Waals surface area contributed by atoms with Gasteiger partial charge in [0.05, 0.1) is 0 Å². The maximum atomic E-state index is 11.3. The summed E-state index contributed by atoms with van der Waals surface area (Å²) in [6.45, 7) is 1.85. The quantitative estimate of drug-likeness (QED) is 0.658. The lowest BCUT2D eigenvalue weighted by Gasteiger charge is -2.16. The second-order valence-electron chi connectivity index (χ2n) is 3.40. The van der Waals surface area contributed by atoms with E-state index in [-0.39, 0.29) is 12.5 Å². The molecule has 14 heavy (non-hydrogen) atoms. The van der Waals surface area contributed by atoms with Crippen LogP contribution in [0.15, 0.2) is 0 Å². The van der Waals surface area contributed by atoms with Crippen LogP contribution in [-0.4, -0.2) is 35.0 Å². The molecule has 0 aromatic rings. The number of carboxylic acid groups (broad SMARTS) is 1. The second-order valence-corrected chi connectivity index (χ2v) is 3.40. The Morgan fingerprint density at radius 1 is 1.50 bits per heavy atom. The standard InChI is InChI=1S/C10H13NO3/c1-2-3-9(12)11(7-10(13)14)6-8-4-5-8/h8H,4-7H2,1H3,(H,13,14). The monoisotopic (exact) mass is 195 g/mol. The van der Waals surface area contributed by atoms with E-state index in [0.717, 1.165) is 12.8 Å². The highest BCUT2D eigenvalue weighted by Gasteiger charge is 2.27. The van der Waals surface area contributed by atoms with Crippen LogP contribution in [0.3, 0.4) is 0 Å². The second kappa shape index (κ2) is 4.66. The highest BCUT2D eigenvalue weighted by atomic mass is 16.4. The maximum Gasteiger partial charge on any atom is 0.323 e. The smallest absolute Gasteiger partial charge is 0.323 e. The Kier molecular flexibility index (Phi) is 3.52. The molecule has 0 radical (unpaired) electrons. The number of rotatable bonds is 4. The van der Waals surface area contributed by atoms with Gasteiger partial charge in [0, 0.05) is 6.54 Å². The van der Waals surface area contributed by atoms with Gasteiger partial charge in [-0.1, -0.05) is 5.92 Å². The van der Waals surface area contributed by atoms with Crippen LogP contribution in [0.2, 0.25) is 0 Å². The van der Waals surface area contributed by atoms with Crippen LogP contribution in [0.4, 0.5) is 0 Å². The van der Waals surface area contributed by atoms with Gasteiger partial charge in [0.1, 0.15) is 6.54 Å². The minimum absolute atomic E-state index is 0.246. The molecule has 0 aromatic heterocycles. The first kappa shape index (κ1) is 10.6. The van der Waals surface area contributed by atoms with Crippen LogP contribution in [0.5, 0.6) is 0 Å². The third-order valence-electron chi connectivity index (χ3n) is 2.02. The van der Waals surface area contributed by atoms with Crippen LogP contribution in [0, 0.1) is 17.8 Å². The van der Waals surface area contributed by atoms with Crippen molar-refractivity contribution in [2.45, 2.75) is 19.8 Å². The van der Waals surface area contributed by atoms with E-state index in [0.29, 0.717) is 12.5 Å². The Morgan fingerprint density at radius 2 is 2.14 bits per heavy atom. The van der Waals surface area contributed by atoms with E-state index in [9.17, 15) is 9.59 Å². The van der Waals surface area contributed by atoms with Crippen LogP contribution in [-0.2, 0) is 9.59 Å². The zero-order valence-corrected chi connectivity index (χ0v) is 8.12. The zero-order chi connectivity index (χ0) is 10.6. The summed E-state index contributed by atoms with van der Waals surface area (Å²) in [6, 6.07) is 0. The Morgan fingerprint density at radius 3 is 2.57 bits per heavy atom. The summed E-state index contributed by atoms with van der Waals surface area (Å²) in [5, 5.41) is 8.59. The summed E-state index contributed by atoms with van der Waals surface area (Å²) >= 11 is 0. The van der Waals surface area contributed by atoms with Gasteiger partial charge in [-0.05, 0) is 31.6 Å². The van der Waals surface area contributed by atoms with Gasteiger partial charge in [-0.2, -0.15) is 0 Å². The van der Waals surface area contributed by atoms with Crippen LogP contribution >= 0.6 is 0 Å². The molecule has 0 spiro atoms. The SMILES string of the molecule is CC#CC(=O)N(CC(=O)O)CC1CC1. The average Bonchev–Trinajstić information content (AvgIpc) is 2.86. The molecule has 76 valence electrons. The van der Waals surface area contributed by atoms with Gasteiger partial charge in [0.15, 0.2) is 0 Å². The first-order valence-corrected chi connectivity index (χ1v) is 4.57. The van der Waals surface area contributed by atoms with E-state index in [1.54, 1.807) is 6.92 Å². The Hall–Kier alpha value is -1.50. The molecule has 1 saturated carbocycles. The number of hydrogen-bond acceptors (Lipinski definition) is 2. The molecule has 0 saturated heterocycles. The van der Waals surface area contributed by atoms with Crippen molar-refractivity contribution in [2.75, 3.05) is 13.1 Å². The average molecular weight is 195 g/mol. The van der Waals surface area contributed by atoms with Gasteiger partial charge < -0.3 is 10.0 Å². The lowest BCUT2D eigenvalue weighted by molar-refractivity contribution is -0.142. The van der Waals surface area contributed by atoms with Crippen molar-refractivity contribution in [3.8, 4) is 11.8 Å². The van der Waals surface area contributed by atoms with Gasteiger partial charge in [-0.25, -0.2) is 0 Å². The number of hydrogen-bond donors (Lipinski definition) is 1. The topological polar surface area (TPSA) is 57.6 Å². The van der Waals surface area contributed by atoms with Gasteiger partial charge in [-0.15, -0.1) is 0 Å². The van der Waals surface area contributed by atoms with Gasteiger partial charge in [0.25, 0.3) is 5.91 Å². The van der Waals surface area contributed by atoms with E-state index in [4.69, 9.17) is 5.11 Å². The largest absolute Gasteiger partial charge is 0.480 e. The summed E-state index contributed by atoms with van der Waals surface area (Å²) in [6.07, 6.45) is 2.17. The molecule has 1 fully saturated rings. The summed E-state index contributed by atoms with van der Waals surface area (Å²) in [5.41, 5.74) is 0. The number of amides is 1. The third kappa shape index (κ3) is 3.48.